The molecule has 3 rings (SSSR count). The van der Waals surface area contributed by atoms with E-state index >= 15 is 0 Å². The SMILES string of the molecule is COc1ccc(COCC(O)C(OCc2ccc(OC)cc2)C(CO)OCc2ccc(OC)cc2)cc1. The largest absolute Gasteiger partial charge is 0.497 e. The molecular weight excluding hydrogens is 476 g/mol. The standard InChI is InChI=1S/C29H36O8/c1-32-24-10-4-21(5-11-24)17-35-20-27(31)29(37-19-23-8-14-26(34-3)15-9-23)28(16-30)36-18-22-6-12-25(33-2)13-7-22/h4-15,27-31H,16-20H2,1-3H3. The highest BCUT2D eigenvalue weighted by Crippen LogP contribution is 2.19. The molecule has 0 radical (unpaired) electrons. The number of hydrogen-bond donors (Lipinski definition) is 2. The molecule has 3 unspecified atom stereocenters. The molecule has 2 N–H and O–H groups in total. The molecule has 3 atom stereocenters. The van der Waals surface area contributed by atoms with Crippen molar-refractivity contribution in [1.29, 1.82) is 0 Å². The van der Waals surface area contributed by atoms with Crippen LogP contribution in [0.25, 0.3) is 0 Å². The molecule has 0 heterocycles. The predicted molar refractivity (Wildman–Crippen MR) is 139 cm³/mol. The fourth-order valence-corrected chi connectivity index (χ4v) is 3.67. The maximum atomic E-state index is 11.0. The Bertz CT molecular complexity index is 1020. The van der Waals surface area contributed by atoms with E-state index < -0.39 is 18.3 Å². The van der Waals surface area contributed by atoms with Crippen LogP contribution in [0.4, 0.5) is 0 Å². The van der Waals surface area contributed by atoms with E-state index in [2.05, 4.69) is 0 Å². The van der Waals surface area contributed by atoms with Crippen molar-refractivity contribution in [3.05, 3.63) is 89.5 Å². The first-order valence-corrected chi connectivity index (χ1v) is 12.0. The minimum Gasteiger partial charge on any atom is -0.497 e. The maximum Gasteiger partial charge on any atom is 0.118 e. The van der Waals surface area contributed by atoms with Crippen LogP contribution in [0.3, 0.4) is 0 Å². The number of aliphatic hydroxyl groups excluding tert-OH is 2. The molecule has 0 aliphatic carbocycles. The van der Waals surface area contributed by atoms with Gasteiger partial charge in [-0.15, -0.1) is 0 Å². The Kier molecular flexibility index (Phi) is 11.7. The number of aliphatic hydroxyl groups is 2. The van der Waals surface area contributed by atoms with Gasteiger partial charge < -0.3 is 38.6 Å². The second kappa shape index (κ2) is 15.2. The Morgan fingerprint density at radius 2 is 1.00 bits per heavy atom. The predicted octanol–water partition coefficient (Wildman–Crippen LogP) is 3.75. The van der Waals surface area contributed by atoms with E-state index in [4.69, 9.17) is 28.4 Å². The van der Waals surface area contributed by atoms with Crippen LogP contribution in [-0.4, -0.2) is 63.1 Å². The van der Waals surface area contributed by atoms with Crippen LogP contribution in [0, 0.1) is 0 Å². The number of methoxy groups -OCH3 is 3. The van der Waals surface area contributed by atoms with Crippen LogP contribution in [0.5, 0.6) is 17.2 Å². The second-order valence-corrected chi connectivity index (χ2v) is 8.43. The molecule has 3 aromatic carbocycles. The third-order valence-corrected chi connectivity index (χ3v) is 5.87. The molecule has 0 aliphatic heterocycles. The van der Waals surface area contributed by atoms with Gasteiger partial charge >= 0.3 is 0 Å². The van der Waals surface area contributed by atoms with Gasteiger partial charge in [-0.05, 0) is 53.1 Å². The summed E-state index contributed by atoms with van der Waals surface area (Å²) in [6.45, 7) is 0.424. The average Bonchev–Trinajstić information content (AvgIpc) is 2.95. The molecule has 0 saturated carbocycles. The van der Waals surface area contributed by atoms with E-state index in [1.54, 1.807) is 21.3 Å². The molecular formula is C29H36O8. The first kappa shape index (κ1) is 28.4. The van der Waals surface area contributed by atoms with Gasteiger partial charge in [0.1, 0.15) is 35.6 Å². The van der Waals surface area contributed by atoms with Crippen LogP contribution < -0.4 is 14.2 Å². The lowest BCUT2D eigenvalue weighted by atomic mass is 10.1. The maximum absolute atomic E-state index is 11.0. The van der Waals surface area contributed by atoms with E-state index in [9.17, 15) is 10.2 Å². The summed E-state index contributed by atoms with van der Waals surface area (Å²) in [5.41, 5.74) is 2.74. The van der Waals surface area contributed by atoms with Crippen molar-refractivity contribution in [3.63, 3.8) is 0 Å². The van der Waals surface area contributed by atoms with Crippen LogP contribution in [0.2, 0.25) is 0 Å². The summed E-state index contributed by atoms with van der Waals surface area (Å²) in [6.07, 6.45) is -2.65. The molecule has 0 aliphatic rings. The monoisotopic (exact) mass is 512 g/mol. The van der Waals surface area contributed by atoms with Crippen LogP contribution in [0.1, 0.15) is 16.7 Å². The van der Waals surface area contributed by atoms with Crippen molar-refractivity contribution in [3.8, 4) is 17.2 Å². The molecule has 0 spiro atoms. The molecule has 8 heteroatoms. The molecule has 0 bridgehead atoms. The molecule has 200 valence electrons. The highest BCUT2D eigenvalue weighted by Gasteiger charge is 2.30. The molecule has 0 aromatic heterocycles. The van der Waals surface area contributed by atoms with E-state index in [0.717, 1.165) is 33.9 Å². The topological polar surface area (TPSA) is 95.8 Å². The number of hydrogen-bond acceptors (Lipinski definition) is 8. The molecule has 8 nitrogen and oxygen atoms in total. The zero-order valence-electron chi connectivity index (χ0n) is 21.5. The number of ether oxygens (including phenoxy) is 6. The van der Waals surface area contributed by atoms with Gasteiger partial charge in [-0.3, -0.25) is 0 Å². The third kappa shape index (κ3) is 9.03. The molecule has 0 amide bonds. The van der Waals surface area contributed by atoms with Crippen molar-refractivity contribution in [1.82, 2.24) is 0 Å². The van der Waals surface area contributed by atoms with Crippen molar-refractivity contribution in [2.24, 2.45) is 0 Å². The van der Waals surface area contributed by atoms with E-state index in [1.807, 2.05) is 72.8 Å². The van der Waals surface area contributed by atoms with Gasteiger partial charge in [0.05, 0.1) is 54.4 Å². The van der Waals surface area contributed by atoms with Crippen molar-refractivity contribution < 1.29 is 38.6 Å². The Morgan fingerprint density at radius 1 is 0.595 bits per heavy atom. The van der Waals surface area contributed by atoms with Gasteiger partial charge in [0.15, 0.2) is 0 Å². The summed E-state index contributed by atoms with van der Waals surface area (Å²) in [4.78, 5) is 0. The molecule has 0 saturated heterocycles. The van der Waals surface area contributed by atoms with Gasteiger partial charge in [0.2, 0.25) is 0 Å². The summed E-state index contributed by atoms with van der Waals surface area (Å²) >= 11 is 0. The minimum absolute atomic E-state index is 0.00169. The van der Waals surface area contributed by atoms with Gasteiger partial charge in [-0.1, -0.05) is 36.4 Å². The average molecular weight is 513 g/mol. The second-order valence-electron chi connectivity index (χ2n) is 8.43. The number of rotatable bonds is 16. The fourth-order valence-electron chi connectivity index (χ4n) is 3.67. The lowest BCUT2D eigenvalue weighted by Crippen LogP contribution is -2.45. The van der Waals surface area contributed by atoms with Gasteiger partial charge in [0.25, 0.3) is 0 Å². The van der Waals surface area contributed by atoms with Crippen molar-refractivity contribution in [2.45, 2.75) is 38.1 Å². The van der Waals surface area contributed by atoms with Crippen molar-refractivity contribution in [2.75, 3.05) is 34.5 Å². The fraction of sp³-hybridized carbons (Fsp3) is 0.379. The first-order chi connectivity index (χ1) is 18.1. The summed E-state index contributed by atoms with van der Waals surface area (Å²) in [5, 5.41) is 21.1. The first-order valence-electron chi connectivity index (χ1n) is 12.0. The van der Waals surface area contributed by atoms with E-state index in [0.29, 0.717) is 6.61 Å². The zero-order chi connectivity index (χ0) is 26.5. The van der Waals surface area contributed by atoms with Gasteiger partial charge in [-0.25, -0.2) is 0 Å². The minimum atomic E-state index is -1.04. The van der Waals surface area contributed by atoms with Crippen LogP contribution >= 0.6 is 0 Å². The van der Waals surface area contributed by atoms with Crippen molar-refractivity contribution >= 4 is 0 Å². The summed E-state index contributed by atoms with van der Waals surface area (Å²) in [5.74, 6) is 2.24. The lowest BCUT2D eigenvalue weighted by Gasteiger charge is -2.30. The van der Waals surface area contributed by atoms with E-state index in [-0.39, 0.29) is 26.4 Å². The zero-order valence-corrected chi connectivity index (χ0v) is 21.5. The summed E-state index contributed by atoms with van der Waals surface area (Å²) in [7, 11) is 4.83. The lowest BCUT2D eigenvalue weighted by molar-refractivity contribution is -0.157. The Hall–Kier alpha value is -3.14. The third-order valence-electron chi connectivity index (χ3n) is 5.87. The summed E-state index contributed by atoms with van der Waals surface area (Å²) in [6, 6.07) is 22.4. The smallest absolute Gasteiger partial charge is 0.118 e. The Balaban J connectivity index is 1.63. The normalized spacial score (nSPS) is 13.5. The Morgan fingerprint density at radius 3 is 1.41 bits per heavy atom. The van der Waals surface area contributed by atoms with E-state index in [1.165, 1.54) is 0 Å². The molecule has 3 aromatic rings. The Labute approximate surface area is 218 Å². The molecule has 0 fully saturated rings. The molecule has 37 heavy (non-hydrogen) atoms. The highest BCUT2D eigenvalue weighted by atomic mass is 16.6. The summed E-state index contributed by atoms with van der Waals surface area (Å²) < 4.78 is 33.4. The highest BCUT2D eigenvalue weighted by molar-refractivity contribution is 5.28. The quantitative estimate of drug-likeness (QED) is 0.300. The van der Waals surface area contributed by atoms with Gasteiger partial charge in [-0.2, -0.15) is 0 Å². The van der Waals surface area contributed by atoms with Gasteiger partial charge in [0, 0.05) is 0 Å². The van der Waals surface area contributed by atoms with Crippen LogP contribution in [-0.2, 0) is 34.0 Å². The van der Waals surface area contributed by atoms with Crippen LogP contribution in [0.15, 0.2) is 72.8 Å². The number of benzene rings is 3.